The van der Waals surface area contributed by atoms with Crippen molar-refractivity contribution < 1.29 is 30.8 Å². The maximum atomic E-state index is 15.1. The number of halogens is 5. The van der Waals surface area contributed by atoms with E-state index in [0.717, 1.165) is 45.9 Å². The van der Waals surface area contributed by atoms with Crippen molar-refractivity contribution in [2.75, 3.05) is 50.1 Å². The summed E-state index contributed by atoms with van der Waals surface area (Å²) in [6, 6.07) is 30.6. The molecular formula is C41H42ClF4N5O3S2. The second-order valence-corrected chi connectivity index (χ2v) is 16.4. The molecular weight excluding hydrogens is 786 g/mol. The number of carbonyl (C=O) groups is 1. The third-order valence-corrected chi connectivity index (χ3v) is 11.4. The maximum Gasteiger partial charge on any atom is 0.418 e. The van der Waals surface area contributed by atoms with Crippen molar-refractivity contribution in [1.29, 1.82) is 0 Å². The zero-order valence-electron chi connectivity index (χ0n) is 30.7. The summed E-state index contributed by atoms with van der Waals surface area (Å²) >= 11 is 7.52. The first-order valence-electron chi connectivity index (χ1n) is 17.6. The van der Waals surface area contributed by atoms with E-state index in [0.29, 0.717) is 55.1 Å². The topological polar surface area (TPSA) is 103 Å². The van der Waals surface area contributed by atoms with Gasteiger partial charge in [0.15, 0.2) is 0 Å². The summed E-state index contributed by atoms with van der Waals surface area (Å²) in [7, 11) is -1.11. The van der Waals surface area contributed by atoms with Crippen LogP contribution in [-0.2, 0) is 22.7 Å². The Hall–Kier alpha value is -4.60. The minimum atomic E-state index is -4.93. The molecule has 0 radical (unpaired) electrons. The van der Waals surface area contributed by atoms with E-state index in [4.69, 9.17) is 11.6 Å². The molecule has 0 saturated heterocycles. The van der Waals surface area contributed by atoms with Crippen LogP contribution >= 0.6 is 23.4 Å². The van der Waals surface area contributed by atoms with Gasteiger partial charge in [0.05, 0.1) is 16.0 Å². The maximum absolute atomic E-state index is 15.1. The van der Waals surface area contributed by atoms with Crippen molar-refractivity contribution >= 4 is 50.7 Å². The van der Waals surface area contributed by atoms with Crippen molar-refractivity contribution in [3.63, 3.8) is 0 Å². The van der Waals surface area contributed by atoms with Gasteiger partial charge in [-0.1, -0.05) is 66.2 Å². The molecule has 1 amide bonds. The molecule has 0 aliphatic rings. The van der Waals surface area contributed by atoms with Crippen LogP contribution in [0.3, 0.4) is 0 Å². The van der Waals surface area contributed by atoms with Crippen molar-refractivity contribution in [2.24, 2.45) is 0 Å². The Morgan fingerprint density at radius 2 is 1.59 bits per heavy atom. The molecule has 5 rings (SSSR count). The zero-order valence-corrected chi connectivity index (χ0v) is 33.1. The van der Waals surface area contributed by atoms with Gasteiger partial charge < -0.3 is 20.9 Å². The minimum Gasteiger partial charge on any atom is -0.384 e. The summed E-state index contributed by atoms with van der Waals surface area (Å²) in [5.74, 6) is -1.89. The molecule has 0 spiro atoms. The van der Waals surface area contributed by atoms with E-state index >= 15 is 4.39 Å². The number of hydrogen-bond acceptors (Lipinski definition) is 8. The summed E-state index contributed by atoms with van der Waals surface area (Å²) in [6.07, 6.45) is -4.42. The lowest BCUT2D eigenvalue weighted by molar-refractivity contribution is -0.137. The van der Waals surface area contributed by atoms with E-state index in [1.54, 1.807) is 4.72 Å². The quantitative estimate of drug-likeness (QED) is 0.0395. The van der Waals surface area contributed by atoms with Gasteiger partial charge in [-0.25, -0.2) is 17.5 Å². The Morgan fingerprint density at radius 3 is 2.29 bits per heavy atom. The number of hydrogen-bond donors (Lipinski definition) is 4. The second-order valence-electron chi connectivity index (χ2n) is 13.2. The first-order chi connectivity index (χ1) is 26.7. The SMILES string of the molecule is CN(C)CC[C@H](CSc1ccccc1)Nc1ccc(S(=O)(=O)NC(=O)c2ccc(NCCNCc3ccccc3-c3ccc(Cl)cc3)cc2F)cc1C(F)(F)F. The van der Waals surface area contributed by atoms with E-state index in [9.17, 15) is 26.4 Å². The number of anilines is 2. The Kier molecular flexibility index (Phi) is 14.8. The predicted molar refractivity (Wildman–Crippen MR) is 217 cm³/mol. The summed E-state index contributed by atoms with van der Waals surface area (Å²) in [6.45, 7) is 2.07. The van der Waals surface area contributed by atoms with Gasteiger partial charge in [0.1, 0.15) is 5.82 Å². The molecule has 1 atom stereocenters. The monoisotopic (exact) mass is 827 g/mol. The van der Waals surface area contributed by atoms with Gasteiger partial charge in [0.2, 0.25) is 0 Å². The number of carbonyl (C=O) groups excluding carboxylic acids is 1. The van der Waals surface area contributed by atoms with Crippen LogP contribution < -0.4 is 20.7 Å². The van der Waals surface area contributed by atoms with Crippen LogP contribution in [0, 0.1) is 5.82 Å². The number of amides is 1. The summed E-state index contributed by atoms with van der Waals surface area (Å²) in [4.78, 5) is 15.0. The highest BCUT2D eigenvalue weighted by molar-refractivity contribution is 7.99. The van der Waals surface area contributed by atoms with E-state index in [1.807, 2.05) is 97.9 Å². The molecule has 5 aromatic rings. The lowest BCUT2D eigenvalue weighted by atomic mass is 10.00. The Labute approximate surface area is 334 Å². The van der Waals surface area contributed by atoms with Gasteiger partial charge >= 0.3 is 6.18 Å². The van der Waals surface area contributed by atoms with Gasteiger partial charge in [-0.3, -0.25) is 4.79 Å². The van der Waals surface area contributed by atoms with Crippen LogP contribution in [0.5, 0.6) is 0 Å². The van der Waals surface area contributed by atoms with Crippen LogP contribution in [0.2, 0.25) is 5.02 Å². The highest BCUT2D eigenvalue weighted by atomic mass is 35.5. The summed E-state index contributed by atoms with van der Waals surface area (Å²) in [5, 5.41) is 10.00. The molecule has 0 fully saturated rings. The lowest BCUT2D eigenvalue weighted by Crippen LogP contribution is -2.32. The minimum absolute atomic E-state index is 0.299. The number of rotatable bonds is 18. The number of thioether (sulfide) groups is 1. The van der Waals surface area contributed by atoms with E-state index in [-0.39, 0.29) is 5.69 Å². The smallest absolute Gasteiger partial charge is 0.384 e. The lowest BCUT2D eigenvalue weighted by Gasteiger charge is -2.24. The van der Waals surface area contributed by atoms with E-state index in [1.165, 1.54) is 17.8 Å². The average Bonchev–Trinajstić information content (AvgIpc) is 3.16. The largest absolute Gasteiger partial charge is 0.418 e. The van der Waals surface area contributed by atoms with Gasteiger partial charge in [0.25, 0.3) is 15.9 Å². The molecule has 296 valence electrons. The van der Waals surface area contributed by atoms with Crippen LogP contribution in [0.25, 0.3) is 11.1 Å². The number of nitrogens with zero attached hydrogens (tertiary/aromatic N) is 1. The zero-order chi connectivity index (χ0) is 40.3. The highest BCUT2D eigenvalue weighted by Crippen LogP contribution is 2.37. The van der Waals surface area contributed by atoms with Crippen LogP contribution in [0.1, 0.15) is 27.9 Å². The molecule has 8 nitrogen and oxygen atoms in total. The third kappa shape index (κ3) is 12.2. The first-order valence-corrected chi connectivity index (χ1v) is 20.5. The van der Waals surface area contributed by atoms with Crippen LogP contribution in [0.15, 0.2) is 125 Å². The molecule has 0 aromatic heterocycles. The standard InChI is InChI=1S/C41H42ClF4N5O3S2/c1-51(2)23-20-32(27-55-33-9-4-3-5-10-33)49-39-19-17-34(25-37(39)41(44,45)46)56(53,54)50-40(52)36-18-16-31(24-38(36)43)48-22-21-47-26-29-8-6-7-11-35(29)28-12-14-30(42)15-13-28/h3-19,24-25,32,47-49H,20-23,26-27H2,1-2H3,(H,50,52)/t32-/m1/s1. The van der Waals surface area contributed by atoms with Crippen LogP contribution in [-0.4, -0.2) is 64.7 Å². The van der Waals surface area contributed by atoms with Gasteiger partial charge in [-0.15, -0.1) is 11.8 Å². The average molecular weight is 828 g/mol. The number of nitrogens with one attached hydrogen (secondary N) is 4. The molecule has 5 aromatic carbocycles. The molecule has 0 unspecified atom stereocenters. The Morgan fingerprint density at radius 1 is 0.875 bits per heavy atom. The number of sulfonamides is 1. The predicted octanol–water partition coefficient (Wildman–Crippen LogP) is 9.01. The molecule has 0 aliphatic carbocycles. The normalized spacial score (nSPS) is 12.4. The van der Waals surface area contributed by atoms with Crippen molar-refractivity contribution in [3.8, 4) is 11.1 Å². The Bertz CT molecular complexity index is 2190. The van der Waals surface area contributed by atoms with Crippen LogP contribution in [0.4, 0.5) is 28.9 Å². The number of benzene rings is 5. The fraction of sp³-hybridized carbons (Fsp3) is 0.244. The van der Waals surface area contributed by atoms with Gasteiger partial charge in [-0.2, -0.15) is 13.2 Å². The first kappa shape index (κ1) is 42.5. The third-order valence-electron chi connectivity index (χ3n) is 8.65. The highest BCUT2D eigenvalue weighted by Gasteiger charge is 2.36. The molecule has 0 saturated carbocycles. The molecule has 15 heteroatoms. The molecule has 0 bridgehead atoms. The summed E-state index contributed by atoms with van der Waals surface area (Å²) < 4.78 is 86.2. The molecule has 0 aliphatic heterocycles. The fourth-order valence-electron chi connectivity index (χ4n) is 5.74. The van der Waals surface area contributed by atoms with Crippen molar-refractivity contribution in [3.05, 3.63) is 143 Å². The van der Waals surface area contributed by atoms with Crippen molar-refractivity contribution in [1.82, 2.24) is 14.9 Å². The van der Waals surface area contributed by atoms with Crippen molar-refractivity contribution in [2.45, 2.75) is 35.0 Å². The Balaban J connectivity index is 1.19. The summed E-state index contributed by atoms with van der Waals surface area (Å²) in [5.41, 5.74) is 1.40. The molecule has 0 heterocycles. The van der Waals surface area contributed by atoms with E-state index in [2.05, 4.69) is 16.0 Å². The van der Waals surface area contributed by atoms with E-state index < -0.39 is 50.0 Å². The fourth-order valence-corrected chi connectivity index (χ4v) is 7.86. The van der Waals surface area contributed by atoms with Gasteiger partial charge in [0, 0.05) is 52.7 Å². The number of alkyl halides is 3. The molecule has 4 N–H and O–H groups in total. The second kappa shape index (κ2) is 19.5. The van der Waals surface area contributed by atoms with Gasteiger partial charge in [-0.05, 0) is 104 Å². The molecule has 56 heavy (non-hydrogen) atoms.